The standard InChI is InChI=1S/C17H17ClN6O5/c1-24-8-20-15(23-24)9-4-3-5-11(14(9)29-2)21-12-6-13(18)19-7-10(12)16(25)22-17(26,27)28/h3-8,26-28H,1-2H3,(H,19,21)(H,22,25). The van der Waals surface area contributed by atoms with Crippen LogP contribution in [0, 0.1) is 0 Å². The molecule has 0 aliphatic rings. The summed E-state index contributed by atoms with van der Waals surface area (Å²) in [4.78, 5) is 20.3. The number of halogens is 1. The number of rotatable bonds is 6. The molecule has 0 saturated carbocycles. The van der Waals surface area contributed by atoms with E-state index in [2.05, 4.69) is 20.4 Å². The molecule has 5 N–H and O–H groups in total. The number of nitrogens with zero attached hydrogens (tertiary/aromatic N) is 4. The van der Waals surface area contributed by atoms with Crippen LogP contribution >= 0.6 is 11.6 Å². The lowest BCUT2D eigenvalue weighted by atomic mass is 10.1. The number of aliphatic hydroxyl groups is 3. The molecule has 0 radical (unpaired) electrons. The first kappa shape index (κ1) is 20.5. The second-order valence-electron chi connectivity index (χ2n) is 5.90. The maximum Gasteiger partial charge on any atom is 0.369 e. The van der Waals surface area contributed by atoms with Crippen LogP contribution in [0.2, 0.25) is 5.15 Å². The van der Waals surface area contributed by atoms with Gasteiger partial charge in [0.25, 0.3) is 5.91 Å². The topological polar surface area (TPSA) is 155 Å². The Morgan fingerprint density at radius 2 is 2.00 bits per heavy atom. The molecule has 152 valence electrons. The molecule has 0 aliphatic carbocycles. The molecule has 3 aromatic rings. The van der Waals surface area contributed by atoms with Crippen molar-refractivity contribution in [2.45, 2.75) is 6.10 Å². The van der Waals surface area contributed by atoms with Gasteiger partial charge in [0.2, 0.25) is 0 Å². The number of methoxy groups -OCH3 is 1. The number of aryl methyl sites for hydroxylation is 1. The van der Waals surface area contributed by atoms with Crippen molar-refractivity contribution in [2.24, 2.45) is 7.05 Å². The van der Waals surface area contributed by atoms with E-state index >= 15 is 0 Å². The highest BCUT2D eigenvalue weighted by Crippen LogP contribution is 2.37. The van der Waals surface area contributed by atoms with Gasteiger partial charge >= 0.3 is 6.10 Å². The fraction of sp³-hybridized carbons (Fsp3) is 0.176. The van der Waals surface area contributed by atoms with Gasteiger partial charge in [-0.05, 0) is 18.2 Å². The van der Waals surface area contributed by atoms with Gasteiger partial charge in [-0.1, -0.05) is 17.7 Å². The van der Waals surface area contributed by atoms with E-state index in [0.29, 0.717) is 22.8 Å². The molecule has 0 atom stereocenters. The van der Waals surface area contributed by atoms with Crippen LogP contribution in [-0.2, 0) is 7.05 Å². The molecule has 11 nitrogen and oxygen atoms in total. The van der Waals surface area contributed by atoms with Crippen LogP contribution in [0.4, 0.5) is 11.4 Å². The molecule has 0 saturated heterocycles. The first-order valence-corrected chi connectivity index (χ1v) is 8.51. The van der Waals surface area contributed by atoms with Crippen molar-refractivity contribution < 1.29 is 24.9 Å². The number of aromatic nitrogens is 4. The van der Waals surface area contributed by atoms with Gasteiger partial charge in [0.1, 0.15) is 11.5 Å². The van der Waals surface area contributed by atoms with E-state index in [0.717, 1.165) is 6.20 Å². The molecule has 0 bridgehead atoms. The van der Waals surface area contributed by atoms with Crippen molar-refractivity contribution in [2.75, 3.05) is 12.4 Å². The highest BCUT2D eigenvalue weighted by Gasteiger charge is 2.25. The van der Waals surface area contributed by atoms with Gasteiger partial charge in [-0.15, -0.1) is 0 Å². The van der Waals surface area contributed by atoms with Crippen molar-refractivity contribution >= 4 is 28.9 Å². The third kappa shape index (κ3) is 4.78. The summed E-state index contributed by atoms with van der Waals surface area (Å²) in [5.74, 6) is -0.172. The molecule has 3 rings (SSSR count). The Bertz CT molecular complexity index is 1050. The largest absolute Gasteiger partial charge is 0.494 e. The first-order chi connectivity index (χ1) is 13.7. The third-order valence-electron chi connectivity index (χ3n) is 3.73. The number of hydrogen-bond acceptors (Lipinski definition) is 9. The highest BCUT2D eigenvalue weighted by atomic mass is 35.5. The zero-order valence-electron chi connectivity index (χ0n) is 15.3. The van der Waals surface area contributed by atoms with E-state index in [9.17, 15) is 4.79 Å². The second kappa shape index (κ2) is 8.01. The van der Waals surface area contributed by atoms with E-state index in [1.807, 2.05) is 0 Å². The van der Waals surface area contributed by atoms with Crippen LogP contribution in [0.5, 0.6) is 5.75 Å². The fourth-order valence-corrected chi connectivity index (χ4v) is 2.73. The van der Waals surface area contributed by atoms with Crippen molar-refractivity contribution in [3.63, 3.8) is 0 Å². The highest BCUT2D eigenvalue weighted by molar-refractivity contribution is 6.29. The Kier molecular flexibility index (Phi) is 5.66. The molecule has 0 aliphatic heterocycles. The molecule has 0 spiro atoms. The number of ether oxygens (including phenoxy) is 1. The van der Waals surface area contributed by atoms with Crippen molar-refractivity contribution in [1.82, 2.24) is 25.1 Å². The summed E-state index contributed by atoms with van der Waals surface area (Å²) < 4.78 is 7.05. The number of hydrogen-bond donors (Lipinski definition) is 5. The third-order valence-corrected chi connectivity index (χ3v) is 3.93. The first-order valence-electron chi connectivity index (χ1n) is 8.13. The summed E-state index contributed by atoms with van der Waals surface area (Å²) >= 11 is 5.94. The number of nitrogens with one attached hydrogen (secondary N) is 2. The van der Waals surface area contributed by atoms with Crippen LogP contribution in [-0.4, -0.2) is 54.2 Å². The average molecular weight is 421 g/mol. The number of para-hydroxylation sites is 1. The Morgan fingerprint density at radius 1 is 1.24 bits per heavy atom. The SMILES string of the molecule is COc1c(Nc2cc(Cl)ncc2C(=O)NC(O)(O)O)cccc1-c1ncn(C)n1. The lowest BCUT2D eigenvalue weighted by molar-refractivity contribution is -0.323. The maximum absolute atomic E-state index is 12.3. The molecule has 2 aromatic heterocycles. The van der Waals surface area contributed by atoms with Gasteiger partial charge in [0.05, 0.1) is 29.6 Å². The molecular formula is C17H17ClN6O5. The van der Waals surface area contributed by atoms with Crippen molar-refractivity contribution in [3.8, 4) is 17.1 Å². The number of pyridine rings is 1. The van der Waals surface area contributed by atoms with E-state index in [1.165, 1.54) is 13.2 Å². The lowest BCUT2D eigenvalue weighted by Crippen LogP contribution is -2.48. The Morgan fingerprint density at radius 3 is 2.62 bits per heavy atom. The summed E-state index contributed by atoms with van der Waals surface area (Å²) in [5, 5.41) is 36.0. The van der Waals surface area contributed by atoms with Gasteiger partial charge in [-0.2, -0.15) is 5.10 Å². The predicted molar refractivity (Wildman–Crippen MR) is 102 cm³/mol. The summed E-state index contributed by atoms with van der Waals surface area (Å²) in [5.41, 5.74) is 1.12. The number of carbonyl (C=O) groups is 1. The van der Waals surface area contributed by atoms with Gasteiger partial charge in [0, 0.05) is 13.2 Å². The Labute approximate surface area is 169 Å². The molecule has 1 aromatic carbocycles. The van der Waals surface area contributed by atoms with Gasteiger partial charge in [-0.25, -0.2) is 9.97 Å². The summed E-state index contributed by atoms with van der Waals surface area (Å²) in [6.07, 6.45) is -0.733. The smallest absolute Gasteiger partial charge is 0.369 e. The molecule has 1 amide bonds. The van der Waals surface area contributed by atoms with Crippen LogP contribution in [0.1, 0.15) is 10.4 Å². The van der Waals surface area contributed by atoms with Gasteiger partial charge in [-0.3, -0.25) is 14.8 Å². The van der Waals surface area contributed by atoms with E-state index in [1.54, 1.807) is 41.6 Å². The predicted octanol–water partition coefficient (Wildman–Crippen LogP) is 0.601. The summed E-state index contributed by atoms with van der Waals surface area (Å²) in [6, 6.07) is 6.55. The van der Waals surface area contributed by atoms with Crippen molar-refractivity contribution in [3.05, 3.63) is 47.5 Å². The quantitative estimate of drug-likeness (QED) is 0.285. The van der Waals surface area contributed by atoms with E-state index in [4.69, 9.17) is 31.7 Å². The second-order valence-corrected chi connectivity index (χ2v) is 6.28. The van der Waals surface area contributed by atoms with E-state index in [-0.39, 0.29) is 16.4 Å². The zero-order valence-corrected chi connectivity index (χ0v) is 16.0. The number of carbonyl (C=O) groups excluding carboxylic acids is 1. The monoisotopic (exact) mass is 420 g/mol. The van der Waals surface area contributed by atoms with Gasteiger partial charge < -0.3 is 25.4 Å². The molecule has 2 heterocycles. The normalized spacial score (nSPS) is 11.2. The summed E-state index contributed by atoms with van der Waals surface area (Å²) in [6.45, 7) is 0. The Balaban J connectivity index is 2.02. The fourth-order valence-electron chi connectivity index (χ4n) is 2.57. The zero-order chi connectivity index (χ0) is 21.2. The minimum atomic E-state index is -3.39. The van der Waals surface area contributed by atoms with E-state index < -0.39 is 12.0 Å². The van der Waals surface area contributed by atoms with Crippen LogP contribution < -0.4 is 15.4 Å². The molecular weight excluding hydrogens is 404 g/mol. The minimum absolute atomic E-state index is 0.0776. The number of benzene rings is 1. The molecule has 0 unspecified atom stereocenters. The number of amides is 1. The van der Waals surface area contributed by atoms with Gasteiger partial charge in [0.15, 0.2) is 11.6 Å². The number of anilines is 2. The lowest BCUT2D eigenvalue weighted by Gasteiger charge is -2.18. The van der Waals surface area contributed by atoms with Crippen LogP contribution in [0.3, 0.4) is 0 Å². The summed E-state index contributed by atoms with van der Waals surface area (Å²) in [7, 11) is 3.20. The molecule has 12 heteroatoms. The minimum Gasteiger partial charge on any atom is -0.494 e. The molecule has 29 heavy (non-hydrogen) atoms. The molecule has 0 fully saturated rings. The average Bonchev–Trinajstić information content (AvgIpc) is 3.06. The maximum atomic E-state index is 12.3. The Hall–Kier alpha value is -3.25. The van der Waals surface area contributed by atoms with Crippen LogP contribution in [0.25, 0.3) is 11.4 Å². The van der Waals surface area contributed by atoms with Crippen molar-refractivity contribution in [1.29, 1.82) is 0 Å². The van der Waals surface area contributed by atoms with Crippen LogP contribution in [0.15, 0.2) is 36.8 Å².